The average molecular weight is 285 g/mol. The lowest BCUT2D eigenvalue weighted by atomic mass is 9.85. The van der Waals surface area contributed by atoms with Gasteiger partial charge in [0.1, 0.15) is 5.82 Å². The highest BCUT2D eigenvalue weighted by atomic mass is 16.5. The highest BCUT2D eigenvalue weighted by molar-refractivity contribution is 5.76. The van der Waals surface area contributed by atoms with Crippen molar-refractivity contribution in [2.24, 2.45) is 5.41 Å². The maximum atomic E-state index is 11.7. The lowest BCUT2D eigenvalue weighted by Gasteiger charge is -2.21. The molecule has 0 unspecified atom stereocenters. The second-order valence-corrected chi connectivity index (χ2v) is 5.55. The van der Waals surface area contributed by atoms with E-state index in [9.17, 15) is 4.79 Å². The fourth-order valence-electron chi connectivity index (χ4n) is 2.14. The van der Waals surface area contributed by atoms with Crippen molar-refractivity contribution in [2.45, 2.75) is 20.3 Å². The van der Waals surface area contributed by atoms with E-state index in [1.165, 1.54) is 7.11 Å². The molecule has 1 heterocycles. The third-order valence-corrected chi connectivity index (χ3v) is 3.27. The van der Waals surface area contributed by atoms with Crippen molar-refractivity contribution in [1.82, 2.24) is 9.97 Å². The summed E-state index contributed by atoms with van der Waals surface area (Å²) in [6, 6.07) is 9.44. The molecule has 0 saturated carbocycles. The summed E-state index contributed by atoms with van der Waals surface area (Å²) in [6.45, 7) is 3.74. The van der Waals surface area contributed by atoms with Crippen LogP contribution in [0.3, 0.4) is 0 Å². The molecular weight excluding hydrogens is 266 g/mol. The van der Waals surface area contributed by atoms with Crippen molar-refractivity contribution in [3.05, 3.63) is 42.1 Å². The molecule has 0 radical (unpaired) electrons. The van der Waals surface area contributed by atoms with Gasteiger partial charge in [0.25, 0.3) is 0 Å². The zero-order valence-electron chi connectivity index (χ0n) is 12.5. The first-order valence-corrected chi connectivity index (χ1v) is 6.68. The number of nitrogens with two attached hydrogens (primary N) is 1. The SMILES string of the molecule is COC(=O)C(C)(C)Cc1ccc(-c2nccc(N)n2)cc1. The quantitative estimate of drug-likeness (QED) is 0.873. The van der Waals surface area contributed by atoms with E-state index in [1.54, 1.807) is 12.3 Å². The fourth-order valence-corrected chi connectivity index (χ4v) is 2.14. The molecule has 21 heavy (non-hydrogen) atoms. The van der Waals surface area contributed by atoms with Crippen LogP contribution in [0.15, 0.2) is 36.5 Å². The minimum atomic E-state index is -0.552. The van der Waals surface area contributed by atoms with E-state index in [0.717, 1.165) is 11.1 Å². The summed E-state index contributed by atoms with van der Waals surface area (Å²) in [4.78, 5) is 20.1. The first-order valence-electron chi connectivity index (χ1n) is 6.68. The Morgan fingerprint density at radius 3 is 2.48 bits per heavy atom. The number of aromatic nitrogens is 2. The van der Waals surface area contributed by atoms with Crippen LogP contribution in [0, 0.1) is 5.41 Å². The molecule has 1 aromatic carbocycles. The van der Waals surface area contributed by atoms with E-state index in [0.29, 0.717) is 18.1 Å². The number of carbonyl (C=O) groups is 1. The van der Waals surface area contributed by atoms with Gasteiger partial charge in [0.2, 0.25) is 0 Å². The number of ether oxygens (including phenoxy) is 1. The van der Waals surface area contributed by atoms with Crippen LogP contribution in [-0.4, -0.2) is 23.0 Å². The number of anilines is 1. The Morgan fingerprint density at radius 1 is 1.24 bits per heavy atom. The molecule has 110 valence electrons. The van der Waals surface area contributed by atoms with Crippen molar-refractivity contribution in [2.75, 3.05) is 12.8 Å². The van der Waals surface area contributed by atoms with E-state index in [1.807, 2.05) is 38.1 Å². The number of nitrogen functional groups attached to an aromatic ring is 1. The molecule has 0 aliphatic carbocycles. The molecular formula is C16H19N3O2. The third kappa shape index (κ3) is 3.56. The molecule has 0 spiro atoms. The van der Waals surface area contributed by atoms with Crippen LogP contribution in [0.4, 0.5) is 5.82 Å². The average Bonchev–Trinajstić information content (AvgIpc) is 2.46. The molecule has 2 rings (SSSR count). The zero-order valence-corrected chi connectivity index (χ0v) is 12.5. The molecule has 0 bridgehead atoms. The van der Waals surface area contributed by atoms with Gasteiger partial charge in [-0.15, -0.1) is 0 Å². The smallest absolute Gasteiger partial charge is 0.311 e. The normalized spacial score (nSPS) is 11.2. The Morgan fingerprint density at radius 2 is 1.90 bits per heavy atom. The van der Waals surface area contributed by atoms with Gasteiger partial charge in [-0.25, -0.2) is 9.97 Å². The minimum Gasteiger partial charge on any atom is -0.469 e. The number of esters is 1. The van der Waals surface area contributed by atoms with Crippen molar-refractivity contribution in [1.29, 1.82) is 0 Å². The summed E-state index contributed by atoms with van der Waals surface area (Å²) >= 11 is 0. The van der Waals surface area contributed by atoms with E-state index in [-0.39, 0.29) is 5.97 Å². The van der Waals surface area contributed by atoms with Gasteiger partial charge < -0.3 is 10.5 Å². The standard InChI is InChI=1S/C16H19N3O2/c1-16(2,15(20)21-3)10-11-4-6-12(7-5-11)14-18-9-8-13(17)19-14/h4-9H,10H2,1-3H3,(H2,17,18,19). The summed E-state index contributed by atoms with van der Waals surface area (Å²) in [5, 5.41) is 0. The Balaban J connectivity index is 2.18. The molecule has 0 atom stereocenters. The summed E-state index contributed by atoms with van der Waals surface area (Å²) in [6.07, 6.45) is 2.24. The number of methoxy groups -OCH3 is 1. The van der Waals surface area contributed by atoms with Crippen LogP contribution in [-0.2, 0) is 16.0 Å². The molecule has 0 fully saturated rings. The van der Waals surface area contributed by atoms with Crippen LogP contribution >= 0.6 is 0 Å². The lowest BCUT2D eigenvalue weighted by Crippen LogP contribution is -2.27. The van der Waals surface area contributed by atoms with Crippen molar-refractivity contribution in [3.63, 3.8) is 0 Å². The van der Waals surface area contributed by atoms with Gasteiger partial charge in [0.15, 0.2) is 5.82 Å². The predicted molar refractivity (Wildman–Crippen MR) is 81.4 cm³/mol. The first-order chi connectivity index (χ1) is 9.92. The summed E-state index contributed by atoms with van der Waals surface area (Å²) in [5.41, 5.74) is 7.05. The van der Waals surface area contributed by atoms with Crippen LogP contribution in [0.1, 0.15) is 19.4 Å². The molecule has 0 saturated heterocycles. The van der Waals surface area contributed by atoms with Crippen LogP contribution < -0.4 is 5.73 Å². The van der Waals surface area contributed by atoms with E-state index < -0.39 is 5.41 Å². The van der Waals surface area contributed by atoms with Crippen molar-refractivity contribution < 1.29 is 9.53 Å². The lowest BCUT2D eigenvalue weighted by molar-refractivity contribution is -0.150. The zero-order chi connectivity index (χ0) is 15.5. The maximum absolute atomic E-state index is 11.7. The number of hydrogen-bond donors (Lipinski definition) is 1. The topological polar surface area (TPSA) is 78.1 Å². The predicted octanol–water partition coefficient (Wildman–Crippen LogP) is 2.47. The van der Waals surface area contributed by atoms with Gasteiger partial charge in [-0.05, 0) is 31.9 Å². The Labute approximate surface area is 124 Å². The van der Waals surface area contributed by atoms with E-state index in [4.69, 9.17) is 10.5 Å². The van der Waals surface area contributed by atoms with E-state index in [2.05, 4.69) is 9.97 Å². The number of carbonyl (C=O) groups excluding carboxylic acids is 1. The largest absolute Gasteiger partial charge is 0.469 e. The summed E-state index contributed by atoms with van der Waals surface area (Å²) < 4.78 is 4.82. The molecule has 0 aliphatic rings. The molecule has 0 amide bonds. The van der Waals surface area contributed by atoms with Gasteiger partial charge in [-0.1, -0.05) is 24.3 Å². The van der Waals surface area contributed by atoms with Crippen LogP contribution in [0.25, 0.3) is 11.4 Å². The highest BCUT2D eigenvalue weighted by Crippen LogP contribution is 2.25. The number of benzene rings is 1. The van der Waals surface area contributed by atoms with Gasteiger partial charge in [-0.3, -0.25) is 4.79 Å². The number of hydrogen-bond acceptors (Lipinski definition) is 5. The molecule has 2 N–H and O–H groups in total. The van der Waals surface area contributed by atoms with E-state index >= 15 is 0 Å². The van der Waals surface area contributed by atoms with Crippen molar-refractivity contribution >= 4 is 11.8 Å². The first kappa shape index (κ1) is 15.0. The summed E-state index contributed by atoms with van der Waals surface area (Å²) in [5.74, 6) is 0.815. The van der Waals surface area contributed by atoms with Crippen LogP contribution in [0.2, 0.25) is 0 Å². The fraction of sp³-hybridized carbons (Fsp3) is 0.312. The Bertz CT molecular complexity index is 636. The molecule has 2 aromatic rings. The van der Waals surface area contributed by atoms with Crippen molar-refractivity contribution in [3.8, 4) is 11.4 Å². The summed E-state index contributed by atoms with van der Waals surface area (Å²) in [7, 11) is 1.41. The minimum absolute atomic E-state index is 0.217. The van der Waals surface area contributed by atoms with Gasteiger partial charge in [-0.2, -0.15) is 0 Å². The molecule has 1 aromatic heterocycles. The Hall–Kier alpha value is -2.43. The van der Waals surface area contributed by atoms with Crippen LogP contribution in [0.5, 0.6) is 0 Å². The number of nitrogens with zero attached hydrogens (tertiary/aromatic N) is 2. The third-order valence-electron chi connectivity index (χ3n) is 3.27. The second-order valence-electron chi connectivity index (χ2n) is 5.55. The Kier molecular flexibility index (Phi) is 4.21. The molecule has 5 heteroatoms. The van der Waals surface area contributed by atoms with Gasteiger partial charge >= 0.3 is 5.97 Å². The van der Waals surface area contributed by atoms with Gasteiger partial charge in [0.05, 0.1) is 12.5 Å². The van der Waals surface area contributed by atoms with Gasteiger partial charge in [0, 0.05) is 11.8 Å². The molecule has 0 aliphatic heterocycles. The number of rotatable bonds is 4. The monoisotopic (exact) mass is 285 g/mol. The maximum Gasteiger partial charge on any atom is 0.311 e. The molecule has 5 nitrogen and oxygen atoms in total. The second kappa shape index (κ2) is 5.91. The highest BCUT2D eigenvalue weighted by Gasteiger charge is 2.28.